The highest BCUT2D eigenvalue weighted by Crippen LogP contribution is 2.37. The minimum Gasteiger partial charge on any atom is -0.434 e. The lowest BCUT2D eigenvalue weighted by atomic mass is 10.2. The van der Waals surface area contributed by atoms with Gasteiger partial charge in [-0.25, -0.2) is 0 Å². The molecular weight excluding hydrogens is 390 g/mol. The summed E-state index contributed by atoms with van der Waals surface area (Å²) in [6.07, 6.45) is 1.52. The van der Waals surface area contributed by atoms with Gasteiger partial charge in [-0.1, -0.05) is 42.2 Å². The zero-order valence-corrected chi connectivity index (χ0v) is 16.2. The van der Waals surface area contributed by atoms with E-state index in [0.29, 0.717) is 20.5 Å². The Bertz CT molecular complexity index is 899. The summed E-state index contributed by atoms with van der Waals surface area (Å²) in [5.41, 5.74) is 2.04. The first-order chi connectivity index (χ1) is 12.9. The Morgan fingerprint density at radius 2 is 1.81 bits per heavy atom. The normalized spacial score (nSPS) is 15.7. The number of alkyl halides is 2. The lowest BCUT2D eigenvalue weighted by Crippen LogP contribution is -2.27. The standard InChI is InChI=1S/C19H16F2N2O2S2/c1-22(2)13-7-9-14(10-8-13)23-17(24)16(27-19(23)26)11-12-5-3-4-6-15(12)25-18(20)21/h3-11,18H,1-2H3/b16-11+. The van der Waals surface area contributed by atoms with Gasteiger partial charge in [-0.05, 0) is 36.4 Å². The fourth-order valence-corrected chi connectivity index (χ4v) is 3.82. The maximum atomic E-state index is 12.8. The third kappa shape index (κ3) is 4.28. The Labute approximate surface area is 165 Å². The van der Waals surface area contributed by atoms with Gasteiger partial charge in [0.1, 0.15) is 5.75 Å². The van der Waals surface area contributed by atoms with E-state index >= 15 is 0 Å². The summed E-state index contributed by atoms with van der Waals surface area (Å²) in [6.45, 7) is -2.94. The van der Waals surface area contributed by atoms with Crippen LogP contribution < -0.4 is 14.5 Å². The second-order valence-corrected chi connectivity index (χ2v) is 7.52. The number of nitrogens with zero attached hydrogens (tertiary/aromatic N) is 2. The number of hydrogen-bond donors (Lipinski definition) is 0. The predicted molar refractivity (Wildman–Crippen MR) is 109 cm³/mol. The van der Waals surface area contributed by atoms with E-state index in [0.717, 1.165) is 17.4 Å². The fraction of sp³-hybridized carbons (Fsp3) is 0.158. The third-order valence-corrected chi connectivity index (χ3v) is 5.14. The van der Waals surface area contributed by atoms with Crippen molar-refractivity contribution in [3.05, 3.63) is 59.0 Å². The van der Waals surface area contributed by atoms with Gasteiger partial charge in [0, 0.05) is 25.3 Å². The zero-order valence-electron chi connectivity index (χ0n) is 14.6. The quantitative estimate of drug-likeness (QED) is 0.528. The minimum absolute atomic E-state index is 0.00750. The van der Waals surface area contributed by atoms with Gasteiger partial charge in [0.25, 0.3) is 5.91 Å². The molecule has 0 spiro atoms. The lowest BCUT2D eigenvalue weighted by molar-refractivity contribution is -0.113. The van der Waals surface area contributed by atoms with Gasteiger partial charge in [0.2, 0.25) is 0 Å². The highest BCUT2D eigenvalue weighted by molar-refractivity contribution is 8.27. The number of amides is 1. The number of ether oxygens (including phenoxy) is 1. The van der Waals surface area contributed by atoms with Gasteiger partial charge in [-0.15, -0.1) is 0 Å². The van der Waals surface area contributed by atoms with E-state index < -0.39 is 6.61 Å². The Morgan fingerprint density at radius 3 is 2.44 bits per heavy atom. The van der Waals surface area contributed by atoms with Crippen LogP contribution in [0, 0.1) is 0 Å². The maximum absolute atomic E-state index is 12.8. The Kier molecular flexibility index (Phi) is 5.76. The topological polar surface area (TPSA) is 32.8 Å². The van der Waals surface area contributed by atoms with Crippen LogP contribution in [0.5, 0.6) is 5.75 Å². The number of hydrogen-bond acceptors (Lipinski definition) is 5. The van der Waals surface area contributed by atoms with Crippen LogP contribution in [0.25, 0.3) is 6.08 Å². The van der Waals surface area contributed by atoms with Crippen molar-refractivity contribution in [1.29, 1.82) is 0 Å². The molecule has 8 heteroatoms. The Morgan fingerprint density at radius 1 is 1.15 bits per heavy atom. The number of carbonyl (C=O) groups excluding carboxylic acids is 1. The van der Waals surface area contributed by atoms with E-state index in [2.05, 4.69) is 4.74 Å². The van der Waals surface area contributed by atoms with Crippen LogP contribution in [0.15, 0.2) is 53.4 Å². The van der Waals surface area contributed by atoms with Crippen molar-refractivity contribution in [3.8, 4) is 5.75 Å². The minimum atomic E-state index is -2.94. The van der Waals surface area contributed by atoms with E-state index in [-0.39, 0.29) is 11.7 Å². The molecule has 0 aliphatic carbocycles. The van der Waals surface area contributed by atoms with E-state index in [4.69, 9.17) is 12.2 Å². The molecule has 1 heterocycles. The molecule has 1 amide bonds. The molecule has 4 nitrogen and oxygen atoms in total. The molecule has 2 aromatic rings. The predicted octanol–water partition coefficient (Wildman–Crippen LogP) is 4.76. The van der Waals surface area contributed by atoms with E-state index in [1.807, 2.05) is 43.3 Å². The largest absolute Gasteiger partial charge is 0.434 e. The van der Waals surface area contributed by atoms with Crippen LogP contribution in [0.2, 0.25) is 0 Å². The van der Waals surface area contributed by atoms with E-state index in [1.54, 1.807) is 18.2 Å². The highest BCUT2D eigenvalue weighted by atomic mass is 32.2. The molecule has 0 unspecified atom stereocenters. The number of thiocarbonyl (C=S) groups is 1. The van der Waals surface area contributed by atoms with Crippen LogP contribution in [-0.2, 0) is 4.79 Å². The molecule has 1 aliphatic rings. The average Bonchev–Trinajstić information content (AvgIpc) is 2.90. The first-order valence-corrected chi connectivity index (χ1v) is 9.18. The molecule has 0 radical (unpaired) electrons. The summed E-state index contributed by atoms with van der Waals surface area (Å²) in [6, 6.07) is 13.7. The molecule has 2 aromatic carbocycles. The molecule has 0 N–H and O–H groups in total. The molecule has 1 fully saturated rings. The van der Waals surface area contributed by atoms with Crippen molar-refractivity contribution >= 4 is 51.7 Å². The fourth-order valence-electron chi connectivity index (χ4n) is 2.53. The van der Waals surface area contributed by atoms with Gasteiger partial charge in [0.05, 0.1) is 10.6 Å². The van der Waals surface area contributed by atoms with Gasteiger partial charge < -0.3 is 9.64 Å². The Balaban J connectivity index is 1.89. The molecule has 0 atom stereocenters. The molecule has 1 aliphatic heterocycles. The second-order valence-electron chi connectivity index (χ2n) is 5.84. The molecule has 1 saturated heterocycles. The summed E-state index contributed by atoms with van der Waals surface area (Å²) in [5.74, 6) is -0.289. The summed E-state index contributed by atoms with van der Waals surface area (Å²) < 4.78 is 30.1. The van der Waals surface area contributed by atoms with Crippen LogP contribution in [0.3, 0.4) is 0 Å². The first-order valence-electron chi connectivity index (χ1n) is 7.96. The molecular formula is C19H16F2N2O2S2. The lowest BCUT2D eigenvalue weighted by Gasteiger charge is -2.17. The van der Waals surface area contributed by atoms with Gasteiger partial charge in [0.15, 0.2) is 4.32 Å². The molecule has 140 valence electrons. The number of para-hydroxylation sites is 1. The smallest absolute Gasteiger partial charge is 0.387 e. The maximum Gasteiger partial charge on any atom is 0.387 e. The van der Waals surface area contributed by atoms with Gasteiger partial charge in [-0.2, -0.15) is 8.78 Å². The summed E-state index contributed by atoms with van der Waals surface area (Å²) in [5, 5.41) is 0. The van der Waals surface area contributed by atoms with E-state index in [9.17, 15) is 13.6 Å². The number of rotatable bonds is 5. The average molecular weight is 406 g/mol. The zero-order chi connectivity index (χ0) is 19.6. The first kappa shape index (κ1) is 19.3. The molecule has 3 rings (SSSR count). The molecule has 0 bridgehead atoms. The highest BCUT2D eigenvalue weighted by Gasteiger charge is 2.33. The number of anilines is 2. The van der Waals surface area contributed by atoms with Crippen molar-refractivity contribution in [3.63, 3.8) is 0 Å². The number of halogens is 2. The van der Waals surface area contributed by atoms with Crippen LogP contribution >= 0.6 is 24.0 Å². The van der Waals surface area contributed by atoms with E-state index in [1.165, 1.54) is 17.0 Å². The molecule has 0 saturated carbocycles. The van der Waals surface area contributed by atoms with Crippen molar-refractivity contribution in [1.82, 2.24) is 0 Å². The van der Waals surface area contributed by atoms with Crippen molar-refractivity contribution in [2.45, 2.75) is 6.61 Å². The van der Waals surface area contributed by atoms with Crippen LogP contribution in [-0.4, -0.2) is 30.9 Å². The molecule has 27 heavy (non-hydrogen) atoms. The Hall–Kier alpha value is -2.45. The summed E-state index contributed by atoms with van der Waals surface area (Å²) in [7, 11) is 3.85. The van der Waals surface area contributed by atoms with Crippen molar-refractivity contribution < 1.29 is 18.3 Å². The van der Waals surface area contributed by atoms with Crippen LogP contribution in [0.4, 0.5) is 20.2 Å². The number of carbonyl (C=O) groups is 1. The van der Waals surface area contributed by atoms with Gasteiger partial charge >= 0.3 is 6.61 Å². The summed E-state index contributed by atoms with van der Waals surface area (Å²) in [4.78, 5) is 16.6. The third-order valence-electron chi connectivity index (χ3n) is 3.84. The van der Waals surface area contributed by atoms with Crippen molar-refractivity contribution in [2.75, 3.05) is 23.9 Å². The monoisotopic (exact) mass is 406 g/mol. The number of thioether (sulfide) groups is 1. The van der Waals surface area contributed by atoms with Crippen molar-refractivity contribution in [2.24, 2.45) is 0 Å². The number of benzene rings is 2. The molecule has 0 aromatic heterocycles. The second kappa shape index (κ2) is 8.06. The van der Waals surface area contributed by atoms with Gasteiger partial charge in [-0.3, -0.25) is 9.69 Å². The van der Waals surface area contributed by atoms with Crippen LogP contribution in [0.1, 0.15) is 5.56 Å². The SMILES string of the molecule is CN(C)c1ccc(N2C(=O)/C(=C\c3ccccc3OC(F)F)SC2=S)cc1. The summed E-state index contributed by atoms with van der Waals surface area (Å²) >= 11 is 6.47.